The topological polar surface area (TPSA) is 87.7 Å². The lowest BCUT2D eigenvalue weighted by atomic mass is 10.3. The van der Waals surface area contributed by atoms with Gasteiger partial charge in [0.2, 0.25) is 0 Å². The Bertz CT molecular complexity index is 477. The number of urea groups is 1. The highest BCUT2D eigenvalue weighted by molar-refractivity contribution is 5.91. The summed E-state index contributed by atoms with van der Waals surface area (Å²) < 4.78 is 18.8. The Morgan fingerprint density at radius 1 is 1.42 bits per heavy atom. The molecule has 19 heavy (non-hydrogen) atoms. The van der Waals surface area contributed by atoms with E-state index in [4.69, 9.17) is 9.84 Å². The van der Waals surface area contributed by atoms with Crippen LogP contribution in [0.4, 0.5) is 14.9 Å². The Balaban J connectivity index is 2.63. The van der Waals surface area contributed by atoms with Crippen LogP contribution >= 0.6 is 0 Å². The second-order valence-corrected chi connectivity index (χ2v) is 4.01. The summed E-state index contributed by atoms with van der Waals surface area (Å²) in [6.07, 6.45) is -0.160. The zero-order valence-electron chi connectivity index (χ0n) is 10.6. The maximum atomic E-state index is 13.6. The second kappa shape index (κ2) is 6.58. The fourth-order valence-corrected chi connectivity index (χ4v) is 1.26. The minimum atomic E-state index is -1.16. The molecule has 6 nitrogen and oxygen atoms in total. The fraction of sp³-hybridized carbons (Fsp3) is 0.333. The van der Waals surface area contributed by atoms with Gasteiger partial charge < -0.3 is 20.5 Å². The highest BCUT2D eigenvalue weighted by Crippen LogP contribution is 2.22. The van der Waals surface area contributed by atoms with Crippen molar-refractivity contribution >= 4 is 17.7 Å². The molecule has 7 heteroatoms. The standard InChI is InChI=1S/C12H15FN2O4/c1-7(2)19-10-4-3-8(5-9(10)13)15-12(18)14-6-11(16)17/h3-5,7H,6H2,1-2H3,(H,16,17)(H2,14,15,18). The summed E-state index contributed by atoms with van der Waals surface area (Å²) in [5.41, 5.74) is 0.205. The van der Waals surface area contributed by atoms with Crippen LogP contribution in [0.3, 0.4) is 0 Å². The molecule has 0 aliphatic heterocycles. The lowest BCUT2D eigenvalue weighted by Gasteiger charge is -2.12. The maximum absolute atomic E-state index is 13.6. The summed E-state index contributed by atoms with van der Waals surface area (Å²) in [6.45, 7) is 3.03. The molecule has 3 N–H and O–H groups in total. The minimum absolute atomic E-state index is 0.0893. The molecule has 0 aliphatic rings. The van der Waals surface area contributed by atoms with Crippen LogP contribution in [-0.2, 0) is 4.79 Å². The van der Waals surface area contributed by atoms with Crippen LogP contribution < -0.4 is 15.4 Å². The Hall–Kier alpha value is -2.31. The molecular weight excluding hydrogens is 255 g/mol. The van der Waals surface area contributed by atoms with Crippen LogP contribution in [0.25, 0.3) is 0 Å². The van der Waals surface area contributed by atoms with Gasteiger partial charge >= 0.3 is 12.0 Å². The Kier molecular flexibility index (Phi) is 5.11. The average Bonchev–Trinajstić information content (AvgIpc) is 2.29. The number of hydrogen-bond donors (Lipinski definition) is 3. The Labute approximate surface area is 109 Å². The number of amides is 2. The molecule has 0 radical (unpaired) electrons. The van der Waals surface area contributed by atoms with E-state index in [0.717, 1.165) is 6.07 Å². The molecule has 1 rings (SSSR count). The first-order chi connectivity index (χ1) is 8.88. The number of hydrogen-bond acceptors (Lipinski definition) is 3. The molecule has 1 aromatic rings. The van der Waals surface area contributed by atoms with Crippen molar-refractivity contribution in [1.82, 2.24) is 5.32 Å². The van der Waals surface area contributed by atoms with Gasteiger partial charge in [-0.2, -0.15) is 0 Å². The van der Waals surface area contributed by atoms with Crippen molar-refractivity contribution in [1.29, 1.82) is 0 Å². The van der Waals surface area contributed by atoms with Crippen molar-refractivity contribution in [2.45, 2.75) is 20.0 Å². The van der Waals surface area contributed by atoms with Crippen molar-refractivity contribution in [3.8, 4) is 5.75 Å². The zero-order chi connectivity index (χ0) is 14.4. The number of carbonyl (C=O) groups is 2. The number of carboxylic acid groups (broad SMARTS) is 1. The number of aliphatic carboxylic acids is 1. The minimum Gasteiger partial charge on any atom is -0.488 e. The van der Waals surface area contributed by atoms with Gasteiger partial charge in [0.05, 0.1) is 6.10 Å². The number of carboxylic acids is 1. The quantitative estimate of drug-likeness (QED) is 0.761. The van der Waals surface area contributed by atoms with Crippen molar-refractivity contribution in [2.75, 3.05) is 11.9 Å². The molecule has 2 amide bonds. The SMILES string of the molecule is CC(C)Oc1ccc(NC(=O)NCC(=O)O)cc1F. The molecule has 0 saturated carbocycles. The van der Waals surface area contributed by atoms with Gasteiger partial charge in [-0.15, -0.1) is 0 Å². The van der Waals surface area contributed by atoms with Gasteiger partial charge in [0.1, 0.15) is 6.54 Å². The molecule has 0 spiro atoms. The molecule has 0 saturated heterocycles. The molecule has 0 unspecified atom stereocenters. The van der Waals surface area contributed by atoms with E-state index in [1.165, 1.54) is 12.1 Å². The Morgan fingerprint density at radius 3 is 2.63 bits per heavy atom. The van der Waals surface area contributed by atoms with Gasteiger partial charge in [-0.25, -0.2) is 9.18 Å². The number of carbonyl (C=O) groups excluding carboxylic acids is 1. The fourth-order valence-electron chi connectivity index (χ4n) is 1.26. The van der Waals surface area contributed by atoms with Crippen LogP contribution in [0, 0.1) is 5.82 Å². The predicted octanol–water partition coefficient (Wildman–Crippen LogP) is 1.82. The van der Waals surface area contributed by atoms with E-state index in [0.29, 0.717) is 0 Å². The third-order valence-corrected chi connectivity index (χ3v) is 1.95. The number of benzene rings is 1. The van der Waals surface area contributed by atoms with Crippen molar-refractivity contribution in [3.05, 3.63) is 24.0 Å². The summed E-state index contributed by atoms with van der Waals surface area (Å²) in [6, 6.07) is 3.22. The molecule has 0 aliphatic carbocycles. The largest absolute Gasteiger partial charge is 0.488 e. The first kappa shape index (κ1) is 14.7. The summed E-state index contributed by atoms with van der Waals surface area (Å²) in [4.78, 5) is 21.5. The number of anilines is 1. The smallest absolute Gasteiger partial charge is 0.323 e. The van der Waals surface area contributed by atoms with Crippen LogP contribution in [-0.4, -0.2) is 29.8 Å². The van der Waals surface area contributed by atoms with E-state index >= 15 is 0 Å². The van der Waals surface area contributed by atoms with E-state index in [1.54, 1.807) is 13.8 Å². The van der Waals surface area contributed by atoms with E-state index in [-0.39, 0.29) is 17.5 Å². The second-order valence-electron chi connectivity index (χ2n) is 4.01. The maximum Gasteiger partial charge on any atom is 0.323 e. The van der Waals surface area contributed by atoms with Crippen LogP contribution in [0.15, 0.2) is 18.2 Å². The summed E-state index contributed by atoms with van der Waals surface area (Å²) in [5, 5.41) is 12.8. The van der Waals surface area contributed by atoms with Gasteiger partial charge in [0, 0.05) is 11.8 Å². The van der Waals surface area contributed by atoms with E-state index in [9.17, 15) is 14.0 Å². The molecule has 0 heterocycles. The Morgan fingerprint density at radius 2 is 2.11 bits per heavy atom. The highest BCUT2D eigenvalue weighted by atomic mass is 19.1. The third-order valence-electron chi connectivity index (χ3n) is 1.95. The normalized spacial score (nSPS) is 10.1. The number of rotatable bonds is 5. The molecule has 104 valence electrons. The molecule has 0 aromatic heterocycles. The van der Waals surface area contributed by atoms with Gasteiger partial charge in [-0.3, -0.25) is 4.79 Å². The van der Waals surface area contributed by atoms with Crippen molar-refractivity contribution in [3.63, 3.8) is 0 Å². The van der Waals surface area contributed by atoms with Gasteiger partial charge in [0.15, 0.2) is 11.6 Å². The lowest BCUT2D eigenvalue weighted by Crippen LogP contribution is -2.33. The molecule has 0 atom stereocenters. The zero-order valence-corrected chi connectivity index (χ0v) is 10.6. The first-order valence-electron chi connectivity index (χ1n) is 5.61. The number of ether oxygens (including phenoxy) is 1. The summed E-state index contributed by atoms with van der Waals surface area (Å²) in [5.74, 6) is -1.68. The van der Waals surface area contributed by atoms with Crippen molar-refractivity contribution in [2.24, 2.45) is 0 Å². The average molecular weight is 270 g/mol. The van der Waals surface area contributed by atoms with Crippen LogP contribution in [0.2, 0.25) is 0 Å². The lowest BCUT2D eigenvalue weighted by molar-refractivity contribution is -0.135. The predicted molar refractivity (Wildman–Crippen MR) is 66.8 cm³/mol. The summed E-state index contributed by atoms with van der Waals surface area (Å²) >= 11 is 0. The van der Waals surface area contributed by atoms with Crippen LogP contribution in [0.5, 0.6) is 5.75 Å². The van der Waals surface area contributed by atoms with Gasteiger partial charge in [-0.1, -0.05) is 0 Å². The first-order valence-corrected chi connectivity index (χ1v) is 5.61. The molecule has 0 fully saturated rings. The third kappa shape index (κ3) is 5.24. The van der Waals surface area contributed by atoms with Gasteiger partial charge in [-0.05, 0) is 26.0 Å². The summed E-state index contributed by atoms with van der Waals surface area (Å²) in [7, 11) is 0. The van der Waals surface area contributed by atoms with Gasteiger partial charge in [0.25, 0.3) is 0 Å². The van der Waals surface area contributed by atoms with E-state index in [1.807, 2.05) is 0 Å². The molecule has 0 bridgehead atoms. The van der Waals surface area contributed by atoms with Crippen LogP contribution in [0.1, 0.15) is 13.8 Å². The monoisotopic (exact) mass is 270 g/mol. The number of nitrogens with one attached hydrogen (secondary N) is 2. The van der Waals surface area contributed by atoms with Crippen molar-refractivity contribution < 1.29 is 23.8 Å². The molecule has 1 aromatic carbocycles. The molecular formula is C12H15FN2O4. The van der Waals surface area contributed by atoms with E-state index in [2.05, 4.69) is 10.6 Å². The highest BCUT2D eigenvalue weighted by Gasteiger charge is 2.09. The van der Waals surface area contributed by atoms with E-state index < -0.39 is 24.4 Å². The number of halogens is 1.